The summed E-state index contributed by atoms with van der Waals surface area (Å²) >= 11 is 0. The van der Waals surface area contributed by atoms with Crippen molar-refractivity contribution in [3.05, 3.63) is 84.1 Å². The van der Waals surface area contributed by atoms with Gasteiger partial charge in [0, 0.05) is 24.1 Å². The quantitative estimate of drug-likeness (QED) is 0.624. The first-order chi connectivity index (χ1) is 15.1. The first-order valence-corrected chi connectivity index (χ1v) is 10.8. The van der Waals surface area contributed by atoms with Crippen LogP contribution >= 0.6 is 0 Å². The van der Waals surface area contributed by atoms with Crippen LogP contribution in [-0.4, -0.2) is 22.8 Å². The highest BCUT2D eigenvalue weighted by atomic mass is 16.3. The Hall–Kier alpha value is -3.41. The van der Waals surface area contributed by atoms with E-state index in [-0.39, 0.29) is 23.6 Å². The van der Waals surface area contributed by atoms with Gasteiger partial charge < -0.3 is 9.73 Å². The van der Waals surface area contributed by atoms with Crippen molar-refractivity contribution in [1.82, 2.24) is 10.3 Å². The summed E-state index contributed by atoms with van der Waals surface area (Å²) in [6.07, 6.45) is 10.1. The Kier molecular flexibility index (Phi) is 6.46. The summed E-state index contributed by atoms with van der Waals surface area (Å²) in [4.78, 5) is 32.9. The average molecular weight is 418 g/mol. The first kappa shape index (κ1) is 20.8. The Morgan fingerprint density at radius 2 is 1.77 bits per heavy atom. The maximum Gasteiger partial charge on any atom is 0.294 e. The molecule has 1 aliphatic carbocycles. The zero-order valence-electron chi connectivity index (χ0n) is 17.7. The van der Waals surface area contributed by atoms with Gasteiger partial charge in [-0.25, -0.2) is 0 Å². The van der Waals surface area contributed by atoms with Crippen molar-refractivity contribution in [1.29, 1.82) is 0 Å². The second-order valence-electron chi connectivity index (χ2n) is 7.97. The van der Waals surface area contributed by atoms with Gasteiger partial charge in [0.05, 0.1) is 6.26 Å². The van der Waals surface area contributed by atoms with Crippen LogP contribution in [0.15, 0.2) is 71.6 Å². The number of para-hydroxylation sites is 1. The second kappa shape index (κ2) is 9.60. The number of nitrogens with zero attached hydrogens (tertiary/aromatic N) is 2. The van der Waals surface area contributed by atoms with Crippen LogP contribution in [0.1, 0.15) is 59.8 Å². The Bertz CT molecular complexity index is 1010. The largest absolute Gasteiger partial charge is 0.459 e. The Balaban J connectivity index is 1.78. The van der Waals surface area contributed by atoms with Gasteiger partial charge in [0.15, 0.2) is 5.76 Å². The van der Waals surface area contributed by atoms with Gasteiger partial charge in [-0.05, 0) is 61.2 Å². The third-order valence-corrected chi connectivity index (χ3v) is 5.81. The molecule has 6 heteroatoms. The monoisotopic (exact) mass is 417 g/mol. The van der Waals surface area contributed by atoms with Crippen LogP contribution in [0.2, 0.25) is 0 Å². The molecule has 0 spiro atoms. The number of carbonyl (C=O) groups is 2. The van der Waals surface area contributed by atoms with Crippen molar-refractivity contribution < 1.29 is 14.0 Å². The molecule has 2 aromatic heterocycles. The van der Waals surface area contributed by atoms with E-state index >= 15 is 0 Å². The molecule has 0 bridgehead atoms. The molecule has 3 aromatic rings. The summed E-state index contributed by atoms with van der Waals surface area (Å²) in [6, 6.07) is 13.7. The molecule has 1 fully saturated rings. The van der Waals surface area contributed by atoms with Gasteiger partial charge in [-0.3, -0.25) is 19.5 Å². The number of pyridine rings is 1. The Labute approximate surface area is 182 Å². The smallest absolute Gasteiger partial charge is 0.294 e. The predicted molar refractivity (Wildman–Crippen MR) is 119 cm³/mol. The van der Waals surface area contributed by atoms with Crippen LogP contribution in [0.5, 0.6) is 0 Å². The Morgan fingerprint density at radius 3 is 2.45 bits per heavy atom. The van der Waals surface area contributed by atoms with Crippen molar-refractivity contribution >= 4 is 17.5 Å². The fraction of sp³-hybridized carbons (Fsp3) is 0.320. The number of amides is 2. The zero-order chi connectivity index (χ0) is 21.6. The molecule has 1 atom stereocenters. The van der Waals surface area contributed by atoms with E-state index in [0.29, 0.717) is 11.3 Å². The minimum absolute atomic E-state index is 0.128. The van der Waals surface area contributed by atoms with E-state index in [4.69, 9.17) is 4.42 Å². The van der Waals surface area contributed by atoms with Crippen LogP contribution < -0.4 is 10.2 Å². The normalized spacial score (nSPS) is 15.3. The van der Waals surface area contributed by atoms with Gasteiger partial charge in [-0.2, -0.15) is 0 Å². The number of anilines is 1. The molecule has 0 saturated heterocycles. The summed E-state index contributed by atoms with van der Waals surface area (Å²) < 4.78 is 5.42. The molecule has 2 amide bonds. The molecule has 1 N–H and O–H groups in total. The highest BCUT2D eigenvalue weighted by molar-refractivity contribution is 6.09. The number of benzene rings is 1. The molecule has 0 unspecified atom stereocenters. The van der Waals surface area contributed by atoms with E-state index in [1.807, 2.05) is 31.2 Å². The molecule has 0 radical (unpaired) electrons. The molecular weight excluding hydrogens is 390 g/mol. The minimum atomic E-state index is -0.844. The maximum atomic E-state index is 13.7. The summed E-state index contributed by atoms with van der Waals surface area (Å²) in [7, 11) is 0. The number of rotatable bonds is 6. The van der Waals surface area contributed by atoms with Gasteiger partial charge >= 0.3 is 0 Å². The molecule has 0 aliphatic heterocycles. The van der Waals surface area contributed by atoms with Crippen molar-refractivity contribution in [3.8, 4) is 0 Å². The summed E-state index contributed by atoms with van der Waals surface area (Å²) in [5.74, 6) is -0.367. The van der Waals surface area contributed by atoms with E-state index in [1.165, 1.54) is 12.7 Å². The van der Waals surface area contributed by atoms with Crippen LogP contribution in [0, 0.1) is 6.92 Å². The van der Waals surface area contributed by atoms with Crippen LogP contribution in [0.25, 0.3) is 0 Å². The third kappa shape index (κ3) is 4.68. The number of hydrogen-bond donors (Lipinski definition) is 1. The van der Waals surface area contributed by atoms with E-state index in [1.54, 1.807) is 41.6 Å². The van der Waals surface area contributed by atoms with Crippen molar-refractivity contribution in [2.45, 2.75) is 51.1 Å². The molecule has 1 aliphatic rings. The van der Waals surface area contributed by atoms with Gasteiger partial charge in [0.25, 0.3) is 5.91 Å². The van der Waals surface area contributed by atoms with E-state index in [2.05, 4.69) is 10.3 Å². The molecule has 31 heavy (non-hydrogen) atoms. The first-order valence-electron chi connectivity index (χ1n) is 10.8. The zero-order valence-corrected chi connectivity index (χ0v) is 17.7. The van der Waals surface area contributed by atoms with Crippen LogP contribution in [0.4, 0.5) is 5.69 Å². The highest BCUT2D eigenvalue weighted by Gasteiger charge is 2.36. The minimum Gasteiger partial charge on any atom is -0.459 e. The van der Waals surface area contributed by atoms with Crippen molar-refractivity contribution in [2.75, 3.05) is 4.90 Å². The predicted octanol–water partition coefficient (Wildman–Crippen LogP) is 4.82. The van der Waals surface area contributed by atoms with E-state index in [0.717, 1.165) is 31.2 Å². The fourth-order valence-corrected chi connectivity index (χ4v) is 4.21. The topological polar surface area (TPSA) is 75.4 Å². The van der Waals surface area contributed by atoms with E-state index < -0.39 is 6.04 Å². The number of furan rings is 1. The number of carbonyl (C=O) groups excluding carboxylic acids is 2. The molecule has 6 nitrogen and oxygen atoms in total. The molecule has 1 aromatic carbocycles. The van der Waals surface area contributed by atoms with Crippen LogP contribution in [-0.2, 0) is 4.79 Å². The third-order valence-electron chi connectivity index (χ3n) is 5.81. The molecule has 2 heterocycles. The lowest BCUT2D eigenvalue weighted by Crippen LogP contribution is -2.47. The van der Waals surface area contributed by atoms with Crippen molar-refractivity contribution in [2.24, 2.45) is 0 Å². The molecule has 4 rings (SSSR count). The molecular formula is C25H27N3O3. The average Bonchev–Trinajstić information content (AvgIpc) is 3.34. The van der Waals surface area contributed by atoms with Gasteiger partial charge in [0.1, 0.15) is 6.04 Å². The lowest BCUT2D eigenvalue weighted by molar-refractivity contribution is -0.123. The van der Waals surface area contributed by atoms with Crippen LogP contribution in [0.3, 0.4) is 0 Å². The molecule has 1 saturated carbocycles. The maximum absolute atomic E-state index is 13.7. The molecule has 160 valence electrons. The number of nitrogens with one attached hydrogen (secondary N) is 1. The fourth-order valence-electron chi connectivity index (χ4n) is 4.21. The highest BCUT2D eigenvalue weighted by Crippen LogP contribution is 2.32. The van der Waals surface area contributed by atoms with E-state index in [9.17, 15) is 9.59 Å². The summed E-state index contributed by atoms with van der Waals surface area (Å²) in [5, 5.41) is 3.20. The van der Waals surface area contributed by atoms with Gasteiger partial charge in [0.2, 0.25) is 5.91 Å². The number of aryl methyl sites for hydroxylation is 1. The SMILES string of the molecule is Cc1ccccc1N(C(=O)c1ccco1)[C@H](C(=O)NC1CCCCC1)c1ccncc1. The Morgan fingerprint density at radius 1 is 1.03 bits per heavy atom. The number of aromatic nitrogens is 1. The summed E-state index contributed by atoms with van der Waals surface area (Å²) in [6.45, 7) is 1.93. The number of hydrogen-bond acceptors (Lipinski definition) is 4. The lowest BCUT2D eigenvalue weighted by Gasteiger charge is -2.33. The lowest BCUT2D eigenvalue weighted by atomic mass is 9.94. The van der Waals surface area contributed by atoms with Gasteiger partial charge in [-0.1, -0.05) is 37.5 Å². The van der Waals surface area contributed by atoms with Gasteiger partial charge in [-0.15, -0.1) is 0 Å². The second-order valence-corrected chi connectivity index (χ2v) is 7.97. The standard InChI is InChI=1S/C25H27N3O3/c1-18-8-5-6-11-21(18)28(25(30)22-12-7-17-31-22)23(19-13-15-26-16-14-19)24(29)27-20-9-3-2-4-10-20/h5-8,11-17,20,23H,2-4,9-10H2,1H3,(H,27,29)/t23-/m0/s1. The van der Waals surface area contributed by atoms with Crippen molar-refractivity contribution in [3.63, 3.8) is 0 Å². The summed E-state index contributed by atoms with van der Waals surface area (Å²) in [5.41, 5.74) is 2.27.